The molecule has 0 aromatic carbocycles. The third-order valence-electron chi connectivity index (χ3n) is 2.11. The number of nitrogens with two attached hydrogens (primary N) is 1. The number of ether oxygens (including phenoxy) is 1. The third-order valence-corrected chi connectivity index (χ3v) is 2.11. The summed E-state index contributed by atoms with van der Waals surface area (Å²) in [4.78, 5) is 11.2. The first-order valence-corrected chi connectivity index (χ1v) is 4.67. The number of esters is 1. The molecule has 0 spiro atoms. The molecule has 0 amide bonds. The van der Waals surface area contributed by atoms with E-state index in [-0.39, 0.29) is 0 Å². The number of aliphatic hydroxyl groups excluding tert-OH is 1. The molecule has 1 heterocycles. The van der Waals surface area contributed by atoms with Gasteiger partial charge in [-0.2, -0.15) is 0 Å². The fraction of sp³-hybridized carbons (Fsp3) is 0.500. The first-order valence-electron chi connectivity index (χ1n) is 4.67. The molecule has 0 unspecified atom stereocenters. The Morgan fingerprint density at radius 3 is 2.93 bits per heavy atom. The fourth-order valence-electron chi connectivity index (χ4n) is 1.28. The molecule has 5 heteroatoms. The smallest absolute Gasteiger partial charge is 0.341 e. The maximum atomic E-state index is 11.2. The molecule has 1 aromatic heterocycles. The average molecular weight is 213 g/mol. The van der Waals surface area contributed by atoms with Crippen LogP contribution in [0.2, 0.25) is 0 Å². The third kappa shape index (κ3) is 2.57. The normalized spacial score (nSPS) is 12.5. The molecule has 0 radical (unpaired) electrons. The van der Waals surface area contributed by atoms with Crippen LogP contribution in [0.4, 0.5) is 0 Å². The zero-order valence-corrected chi connectivity index (χ0v) is 8.82. The van der Waals surface area contributed by atoms with Crippen LogP contribution in [-0.4, -0.2) is 24.7 Å². The van der Waals surface area contributed by atoms with E-state index < -0.39 is 12.1 Å². The molecule has 15 heavy (non-hydrogen) atoms. The second-order valence-corrected chi connectivity index (χ2v) is 3.20. The van der Waals surface area contributed by atoms with Crippen LogP contribution >= 0.6 is 0 Å². The van der Waals surface area contributed by atoms with Crippen molar-refractivity contribution in [3.8, 4) is 0 Å². The molecule has 84 valence electrons. The van der Waals surface area contributed by atoms with Gasteiger partial charge in [0.25, 0.3) is 0 Å². The zero-order chi connectivity index (χ0) is 11.4. The van der Waals surface area contributed by atoms with Crippen LogP contribution in [0.5, 0.6) is 0 Å². The Kier molecular flexibility index (Phi) is 3.88. The number of rotatable bonds is 4. The van der Waals surface area contributed by atoms with Gasteiger partial charge in [0.05, 0.1) is 7.11 Å². The quantitative estimate of drug-likeness (QED) is 0.721. The van der Waals surface area contributed by atoms with Crippen LogP contribution in [0, 0.1) is 6.92 Å². The average Bonchev–Trinajstić information content (AvgIpc) is 2.60. The van der Waals surface area contributed by atoms with Gasteiger partial charge in [0.1, 0.15) is 23.2 Å². The van der Waals surface area contributed by atoms with Crippen molar-refractivity contribution in [3.63, 3.8) is 0 Å². The van der Waals surface area contributed by atoms with E-state index in [1.807, 2.05) is 0 Å². The summed E-state index contributed by atoms with van der Waals surface area (Å²) in [6, 6.07) is 1.49. The van der Waals surface area contributed by atoms with E-state index in [1.165, 1.54) is 13.2 Å². The van der Waals surface area contributed by atoms with Gasteiger partial charge in [-0.05, 0) is 26.0 Å². The highest BCUT2D eigenvalue weighted by molar-refractivity contribution is 5.90. The van der Waals surface area contributed by atoms with Crippen LogP contribution in [0.3, 0.4) is 0 Å². The van der Waals surface area contributed by atoms with Crippen molar-refractivity contribution in [1.82, 2.24) is 0 Å². The number of hydrogen-bond donors (Lipinski definition) is 2. The van der Waals surface area contributed by atoms with Crippen LogP contribution in [0.1, 0.15) is 34.4 Å². The van der Waals surface area contributed by atoms with Gasteiger partial charge in [0.2, 0.25) is 0 Å². The van der Waals surface area contributed by atoms with Gasteiger partial charge < -0.3 is 20.0 Å². The molecule has 0 fully saturated rings. The molecule has 0 aliphatic rings. The Morgan fingerprint density at radius 1 is 1.73 bits per heavy atom. The van der Waals surface area contributed by atoms with Gasteiger partial charge in [-0.15, -0.1) is 0 Å². The second kappa shape index (κ2) is 4.95. The predicted octanol–water partition coefficient (Wildman–Crippen LogP) is 0.757. The first-order chi connectivity index (χ1) is 7.10. The minimum Gasteiger partial charge on any atom is -0.465 e. The van der Waals surface area contributed by atoms with Crippen LogP contribution in [0.25, 0.3) is 0 Å². The van der Waals surface area contributed by atoms with Crippen molar-refractivity contribution < 1.29 is 19.1 Å². The number of carbonyl (C=O) groups is 1. The summed E-state index contributed by atoms with van der Waals surface area (Å²) < 4.78 is 9.81. The van der Waals surface area contributed by atoms with E-state index in [0.29, 0.717) is 30.0 Å². The Morgan fingerprint density at radius 2 is 2.40 bits per heavy atom. The molecule has 1 rings (SSSR count). The number of hydrogen-bond acceptors (Lipinski definition) is 5. The van der Waals surface area contributed by atoms with Gasteiger partial charge in [-0.1, -0.05) is 0 Å². The van der Waals surface area contributed by atoms with Crippen molar-refractivity contribution >= 4 is 5.97 Å². The summed E-state index contributed by atoms with van der Waals surface area (Å²) >= 11 is 0. The van der Waals surface area contributed by atoms with E-state index in [4.69, 9.17) is 10.2 Å². The monoisotopic (exact) mass is 213 g/mol. The molecule has 0 saturated heterocycles. The van der Waals surface area contributed by atoms with Crippen LogP contribution in [0.15, 0.2) is 10.5 Å². The minimum absolute atomic E-state index is 0.337. The largest absolute Gasteiger partial charge is 0.465 e. The lowest BCUT2D eigenvalue weighted by atomic mass is 10.2. The highest BCUT2D eigenvalue weighted by atomic mass is 16.5. The fourth-order valence-corrected chi connectivity index (χ4v) is 1.28. The molecule has 0 saturated carbocycles. The van der Waals surface area contributed by atoms with E-state index in [1.54, 1.807) is 6.92 Å². The molecule has 0 aliphatic carbocycles. The zero-order valence-electron chi connectivity index (χ0n) is 8.82. The molecule has 5 nitrogen and oxygen atoms in total. The summed E-state index contributed by atoms with van der Waals surface area (Å²) in [6.45, 7) is 2.00. The molecular weight excluding hydrogens is 198 g/mol. The number of carbonyl (C=O) groups excluding carboxylic acids is 1. The Bertz CT molecular complexity index is 345. The topological polar surface area (TPSA) is 85.7 Å². The van der Waals surface area contributed by atoms with Gasteiger partial charge in [0.15, 0.2) is 0 Å². The summed E-state index contributed by atoms with van der Waals surface area (Å²) in [7, 11) is 1.30. The molecule has 0 aliphatic heterocycles. The Balaban J connectivity index is 2.90. The summed E-state index contributed by atoms with van der Waals surface area (Å²) in [5.74, 6) is 0.314. The van der Waals surface area contributed by atoms with Crippen molar-refractivity contribution in [2.24, 2.45) is 5.73 Å². The number of aryl methyl sites for hydroxylation is 1. The van der Waals surface area contributed by atoms with E-state index in [2.05, 4.69) is 4.74 Å². The van der Waals surface area contributed by atoms with Crippen LogP contribution in [-0.2, 0) is 4.74 Å². The Labute approximate surface area is 87.8 Å². The lowest BCUT2D eigenvalue weighted by molar-refractivity contribution is 0.0598. The van der Waals surface area contributed by atoms with Gasteiger partial charge in [-0.25, -0.2) is 4.79 Å². The standard InChI is InChI=1S/C10H15NO4/c1-6-7(10(13)14-2)5-9(15-6)8(12)3-4-11/h5,8,12H,3-4,11H2,1-2H3/t8-/m1/s1. The van der Waals surface area contributed by atoms with Crippen molar-refractivity contribution in [1.29, 1.82) is 0 Å². The van der Waals surface area contributed by atoms with E-state index >= 15 is 0 Å². The minimum atomic E-state index is -0.771. The maximum absolute atomic E-state index is 11.2. The summed E-state index contributed by atoms with van der Waals surface area (Å²) in [6.07, 6.45) is -0.375. The SMILES string of the molecule is COC(=O)c1cc([C@H](O)CCN)oc1C. The molecule has 3 N–H and O–H groups in total. The highest BCUT2D eigenvalue weighted by Crippen LogP contribution is 2.23. The van der Waals surface area contributed by atoms with Crippen molar-refractivity contribution in [2.45, 2.75) is 19.4 Å². The van der Waals surface area contributed by atoms with Crippen LogP contribution < -0.4 is 5.73 Å². The number of methoxy groups -OCH3 is 1. The molecule has 1 aromatic rings. The molecule has 0 bridgehead atoms. The van der Waals surface area contributed by atoms with Gasteiger partial charge >= 0.3 is 5.97 Å². The number of furan rings is 1. The second-order valence-electron chi connectivity index (χ2n) is 3.20. The lowest BCUT2D eigenvalue weighted by Gasteiger charge is -2.03. The summed E-state index contributed by atoms with van der Waals surface area (Å²) in [5.41, 5.74) is 5.64. The lowest BCUT2D eigenvalue weighted by Crippen LogP contribution is -2.06. The van der Waals surface area contributed by atoms with Crippen molar-refractivity contribution in [2.75, 3.05) is 13.7 Å². The molecule has 1 atom stereocenters. The first kappa shape index (κ1) is 11.7. The molecular formula is C10H15NO4. The highest BCUT2D eigenvalue weighted by Gasteiger charge is 2.19. The number of aliphatic hydroxyl groups is 1. The van der Waals surface area contributed by atoms with Crippen molar-refractivity contribution in [3.05, 3.63) is 23.2 Å². The van der Waals surface area contributed by atoms with E-state index in [9.17, 15) is 9.90 Å². The summed E-state index contributed by atoms with van der Waals surface area (Å²) in [5, 5.41) is 9.59. The predicted molar refractivity (Wildman–Crippen MR) is 53.4 cm³/mol. The van der Waals surface area contributed by atoms with E-state index in [0.717, 1.165) is 0 Å². The Hall–Kier alpha value is -1.33. The van der Waals surface area contributed by atoms with Gasteiger partial charge in [-0.3, -0.25) is 0 Å². The van der Waals surface area contributed by atoms with Gasteiger partial charge in [0, 0.05) is 0 Å². The maximum Gasteiger partial charge on any atom is 0.341 e.